The van der Waals surface area contributed by atoms with E-state index >= 15 is 0 Å². The van der Waals surface area contributed by atoms with Crippen molar-refractivity contribution in [2.45, 2.75) is 44.2 Å². The third-order valence-corrected chi connectivity index (χ3v) is 3.16. The van der Waals surface area contributed by atoms with Crippen molar-refractivity contribution >= 4 is 0 Å². The Morgan fingerprint density at radius 3 is 3.00 bits per heavy atom. The second-order valence-electron chi connectivity index (χ2n) is 4.22. The highest BCUT2D eigenvalue weighted by Gasteiger charge is 2.26. The van der Waals surface area contributed by atoms with Crippen LogP contribution in [-0.2, 0) is 6.42 Å². The summed E-state index contributed by atoms with van der Waals surface area (Å²) < 4.78 is 1.97. The van der Waals surface area contributed by atoms with Crippen molar-refractivity contribution in [2.75, 3.05) is 6.54 Å². The number of rotatable bonds is 3. The van der Waals surface area contributed by atoms with Gasteiger partial charge in [-0.1, -0.05) is 12.8 Å². The third-order valence-electron chi connectivity index (χ3n) is 3.16. The molecule has 15 heavy (non-hydrogen) atoms. The van der Waals surface area contributed by atoms with Gasteiger partial charge in [-0.05, 0) is 25.5 Å². The van der Waals surface area contributed by atoms with Crippen molar-refractivity contribution < 1.29 is 5.11 Å². The topological polar surface area (TPSA) is 64.1 Å². The Balaban J connectivity index is 2.15. The molecule has 1 fully saturated rings. The third kappa shape index (κ3) is 2.21. The minimum absolute atomic E-state index is 0.162. The van der Waals surface area contributed by atoms with Crippen molar-refractivity contribution in [1.82, 2.24) is 9.78 Å². The van der Waals surface area contributed by atoms with Crippen LogP contribution in [0.3, 0.4) is 0 Å². The molecule has 0 radical (unpaired) electrons. The highest BCUT2D eigenvalue weighted by atomic mass is 16.3. The summed E-state index contributed by atoms with van der Waals surface area (Å²) >= 11 is 0. The molecule has 1 aromatic rings. The van der Waals surface area contributed by atoms with Crippen molar-refractivity contribution in [3.05, 3.63) is 18.0 Å². The zero-order valence-electron chi connectivity index (χ0n) is 8.97. The van der Waals surface area contributed by atoms with Crippen LogP contribution in [0.5, 0.6) is 0 Å². The maximum Gasteiger partial charge on any atom is 0.0781 e. The molecule has 2 rings (SSSR count). The maximum absolute atomic E-state index is 9.94. The molecule has 4 nitrogen and oxygen atoms in total. The van der Waals surface area contributed by atoms with Gasteiger partial charge in [0.25, 0.3) is 0 Å². The number of aliphatic hydroxyl groups excluding tert-OH is 1. The standard InChI is InChI=1S/C11H19N3O/c12-7-5-9-6-8-13-14(9)10-3-1-2-4-11(10)15/h6,8,10-11,15H,1-5,7,12H2. The van der Waals surface area contributed by atoms with Crippen LogP contribution < -0.4 is 5.73 Å². The normalized spacial score (nSPS) is 26.8. The van der Waals surface area contributed by atoms with Crippen LogP contribution >= 0.6 is 0 Å². The Bertz CT molecular complexity index is 311. The molecular formula is C11H19N3O. The molecule has 0 bridgehead atoms. The number of aromatic nitrogens is 2. The molecule has 1 heterocycles. The van der Waals surface area contributed by atoms with E-state index in [4.69, 9.17) is 5.73 Å². The largest absolute Gasteiger partial charge is 0.391 e. The number of nitrogens with two attached hydrogens (primary N) is 1. The number of aliphatic hydroxyl groups is 1. The first-order valence-electron chi connectivity index (χ1n) is 5.73. The van der Waals surface area contributed by atoms with E-state index in [0.717, 1.165) is 31.4 Å². The van der Waals surface area contributed by atoms with E-state index in [2.05, 4.69) is 5.10 Å². The summed E-state index contributed by atoms with van der Waals surface area (Å²) in [6.07, 6.45) is 6.63. The second kappa shape index (κ2) is 4.77. The van der Waals surface area contributed by atoms with E-state index in [1.807, 2.05) is 10.7 Å². The smallest absolute Gasteiger partial charge is 0.0781 e. The van der Waals surface area contributed by atoms with Crippen LogP contribution in [-0.4, -0.2) is 27.5 Å². The van der Waals surface area contributed by atoms with Crippen molar-refractivity contribution in [3.63, 3.8) is 0 Å². The molecule has 1 aliphatic carbocycles. The lowest BCUT2D eigenvalue weighted by Crippen LogP contribution is -2.29. The molecule has 0 aliphatic heterocycles. The molecule has 84 valence electrons. The average Bonchev–Trinajstić information content (AvgIpc) is 2.67. The Morgan fingerprint density at radius 2 is 2.27 bits per heavy atom. The SMILES string of the molecule is NCCc1ccnn1C1CCCCC1O. The van der Waals surface area contributed by atoms with Crippen LogP contribution in [0, 0.1) is 0 Å². The van der Waals surface area contributed by atoms with E-state index in [1.165, 1.54) is 6.42 Å². The van der Waals surface area contributed by atoms with Crippen LogP contribution in [0.1, 0.15) is 37.4 Å². The minimum Gasteiger partial charge on any atom is -0.391 e. The van der Waals surface area contributed by atoms with Crippen molar-refractivity contribution in [3.8, 4) is 0 Å². The molecule has 2 unspecified atom stereocenters. The van der Waals surface area contributed by atoms with Crippen LogP contribution in [0.25, 0.3) is 0 Å². The average molecular weight is 209 g/mol. The lowest BCUT2D eigenvalue weighted by Gasteiger charge is -2.29. The van der Waals surface area contributed by atoms with Gasteiger partial charge in [-0.3, -0.25) is 4.68 Å². The molecular weight excluding hydrogens is 190 g/mol. The summed E-state index contributed by atoms with van der Waals surface area (Å²) in [5.41, 5.74) is 6.69. The second-order valence-corrected chi connectivity index (χ2v) is 4.22. The van der Waals surface area contributed by atoms with Gasteiger partial charge in [-0.2, -0.15) is 5.10 Å². The highest BCUT2D eigenvalue weighted by Crippen LogP contribution is 2.29. The summed E-state index contributed by atoms with van der Waals surface area (Å²) in [5.74, 6) is 0. The monoisotopic (exact) mass is 209 g/mol. The minimum atomic E-state index is -0.241. The molecule has 1 saturated carbocycles. The Kier molecular flexibility index (Phi) is 3.38. The van der Waals surface area contributed by atoms with Crippen LogP contribution in [0.15, 0.2) is 12.3 Å². The lowest BCUT2D eigenvalue weighted by atomic mass is 9.92. The van der Waals surface area contributed by atoms with Gasteiger partial charge in [0, 0.05) is 18.3 Å². The summed E-state index contributed by atoms with van der Waals surface area (Å²) in [4.78, 5) is 0. The first kappa shape index (κ1) is 10.6. The van der Waals surface area contributed by atoms with Crippen molar-refractivity contribution in [1.29, 1.82) is 0 Å². The van der Waals surface area contributed by atoms with E-state index in [0.29, 0.717) is 6.54 Å². The summed E-state index contributed by atoms with van der Waals surface area (Å²) in [6.45, 7) is 0.633. The van der Waals surface area contributed by atoms with Gasteiger partial charge in [0.2, 0.25) is 0 Å². The molecule has 1 aliphatic rings. The van der Waals surface area contributed by atoms with Gasteiger partial charge >= 0.3 is 0 Å². The Hall–Kier alpha value is -0.870. The van der Waals surface area contributed by atoms with Crippen molar-refractivity contribution in [2.24, 2.45) is 5.73 Å². The fourth-order valence-electron chi connectivity index (χ4n) is 2.36. The molecule has 0 amide bonds. The van der Waals surface area contributed by atoms with E-state index in [1.54, 1.807) is 6.20 Å². The fourth-order valence-corrected chi connectivity index (χ4v) is 2.36. The Morgan fingerprint density at radius 1 is 1.47 bits per heavy atom. The predicted octanol–water partition coefficient (Wildman–Crippen LogP) is 0.860. The Labute approximate surface area is 90.1 Å². The lowest BCUT2D eigenvalue weighted by molar-refractivity contribution is 0.0680. The summed E-state index contributed by atoms with van der Waals surface area (Å²) in [7, 11) is 0. The molecule has 1 aromatic heterocycles. The van der Waals surface area contributed by atoms with Crippen LogP contribution in [0.2, 0.25) is 0 Å². The van der Waals surface area contributed by atoms with Gasteiger partial charge in [0.15, 0.2) is 0 Å². The van der Waals surface area contributed by atoms with Gasteiger partial charge in [0.1, 0.15) is 0 Å². The maximum atomic E-state index is 9.94. The zero-order chi connectivity index (χ0) is 10.7. The van der Waals surface area contributed by atoms with Gasteiger partial charge in [-0.25, -0.2) is 0 Å². The number of hydrogen-bond donors (Lipinski definition) is 2. The van der Waals surface area contributed by atoms with Crippen LogP contribution in [0.4, 0.5) is 0 Å². The van der Waals surface area contributed by atoms with E-state index < -0.39 is 0 Å². The first-order chi connectivity index (χ1) is 7.33. The molecule has 0 saturated heterocycles. The fraction of sp³-hybridized carbons (Fsp3) is 0.727. The molecule has 0 aromatic carbocycles. The molecule has 3 N–H and O–H groups in total. The van der Waals surface area contributed by atoms with Gasteiger partial charge in [-0.15, -0.1) is 0 Å². The zero-order valence-corrected chi connectivity index (χ0v) is 8.97. The summed E-state index contributed by atoms with van der Waals surface area (Å²) in [5, 5.41) is 14.3. The number of nitrogens with zero attached hydrogens (tertiary/aromatic N) is 2. The number of hydrogen-bond acceptors (Lipinski definition) is 3. The van der Waals surface area contributed by atoms with E-state index in [-0.39, 0.29) is 12.1 Å². The quantitative estimate of drug-likeness (QED) is 0.776. The highest BCUT2D eigenvalue weighted by molar-refractivity contribution is 5.03. The molecule has 0 spiro atoms. The van der Waals surface area contributed by atoms with Gasteiger partial charge in [0.05, 0.1) is 12.1 Å². The molecule has 2 atom stereocenters. The van der Waals surface area contributed by atoms with Gasteiger partial charge < -0.3 is 10.8 Å². The van der Waals surface area contributed by atoms with E-state index in [9.17, 15) is 5.11 Å². The predicted molar refractivity (Wildman–Crippen MR) is 58.5 cm³/mol. The molecule has 4 heteroatoms. The summed E-state index contributed by atoms with van der Waals surface area (Å²) in [6, 6.07) is 2.16. The first-order valence-corrected chi connectivity index (χ1v) is 5.73.